The summed E-state index contributed by atoms with van der Waals surface area (Å²) in [6, 6.07) is 14.4. The second-order valence-electron chi connectivity index (χ2n) is 7.53. The fourth-order valence-corrected chi connectivity index (χ4v) is 4.31. The predicted molar refractivity (Wildman–Crippen MR) is 124 cm³/mol. The molecule has 0 radical (unpaired) electrons. The third-order valence-corrected chi connectivity index (χ3v) is 6.07. The summed E-state index contributed by atoms with van der Waals surface area (Å²) in [5.41, 5.74) is 2.86. The zero-order valence-electron chi connectivity index (χ0n) is 17.8. The lowest BCUT2D eigenvalue weighted by Gasteiger charge is -2.12. The number of hydrogen-bond donors (Lipinski definition) is 2. The Labute approximate surface area is 189 Å². The zero-order chi connectivity index (χ0) is 22.7. The normalized spacial score (nSPS) is 11.1. The van der Waals surface area contributed by atoms with E-state index in [1.165, 1.54) is 16.3 Å². The second kappa shape index (κ2) is 9.32. The molecule has 2 aromatic heterocycles. The average molecular weight is 450 g/mol. The van der Waals surface area contributed by atoms with E-state index in [1.54, 1.807) is 36.6 Å². The van der Waals surface area contributed by atoms with Gasteiger partial charge in [-0.3, -0.25) is 14.2 Å². The van der Waals surface area contributed by atoms with Gasteiger partial charge < -0.3 is 14.8 Å². The highest BCUT2D eigenvalue weighted by atomic mass is 32.2. The van der Waals surface area contributed by atoms with Gasteiger partial charge in [-0.05, 0) is 54.8 Å². The molecule has 0 bridgehead atoms. The minimum Gasteiger partial charge on any atom is -0.507 e. The number of nitrogens with one attached hydrogen (secondary N) is 1. The molecule has 2 aromatic carbocycles. The lowest BCUT2D eigenvalue weighted by atomic mass is 10.1. The molecule has 164 valence electrons. The summed E-state index contributed by atoms with van der Waals surface area (Å²) in [5, 5.41) is 13.8. The summed E-state index contributed by atoms with van der Waals surface area (Å²) in [7, 11) is 0. The van der Waals surface area contributed by atoms with Gasteiger partial charge in [-0.1, -0.05) is 36.0 Å². The van der Waals surface area contributed by atoms with Crippen LogP contribution in [0.15, 0.2) is 69.2 Å². The molecule has 0 aliphatic carbocycles. The number of phenols is 1. The first-order valence-corrected chi connectivity index (χ1v) is 11.1. The Morgan fingerprint density at radius 1 is 1.16 bits per heavy atom. The standard InChI is InChI=1S/C24H23N3O4S/c1-15-10-17(11-16(2)22(15)29)12-25-21(28)14-32-24-26-20-8-4-3-7-19(20)23(30)27(24)13-18-6-5-9-31-18/h3-11,29H,12-14H2,1-2H3,(H,25,28). The number of aromatic hydroxyl groups is 1. The maximum atomic E-state index is 13.1. The summed E-state index contributed by atoms with van der Waals surface area (Å²) in [5.74, 6) is 0.838. The second-order valence-corrected chi connectivity index (χ2v) is 8.47. The van der Waals surface area contributed by atoms with Crippen LogP contribution in [0.4, 0.5) is 0 Å². The highest BCUT2D eigenvalue weighted by molar-refractivity contribution is 7.99. The van der Waals surface area contributed by atoms with Crippen molar-refractivity contribution in [2.24, 2.45) is 0 Å². The molecule has 0 atom stereocenters. The van der Waals surface area contributed by atoms with E-state index in [0.29, 0.717) is 28.4 Å². The number of amides is 1. The van der Waals surface area contributed by atoms with E-state index in [4.69, 9.17) is 4.42 Å². The average Bonchev–Trinajstić information content (AvgIpc) is 3.30. The van der Waals surface area contributed by atoms with Crippen LogP contribution in [0.2, 0.25) is 0 Å². The summed E-state index contributed by atoms with van der Waals surface area (Å²) in [6.07, 6.45) is 1.56. The van der Waals surface area contributed by atoms with Crippen molar-refractivity contribution in [3.8, 4) is 5.75 Å². The molecule has 0 spiro atoms. The summed E-state index contributed by atoms with van der Waals surface area (Å²) < 4.78 is 6.94. The number of thioether (sulfide) groups is 1. The van der Waals surface area contributed by atoms with Gasteiger partial charge >= 0.3 is 0 Å². The van der Waals surface area contributed by atoms with Crippen molar-refractivity contribution in [1.82, 2.24) is 14.9 Å². The van der Waals surface area contributed by atoms with Crippen molar-refractivity contribution >= 4 is 28.6 Å². The van der Waals surface area contributed by atoms with E-state index >= 15 is 0 Å². The van der Waals surface area contributed by atoms with Crippen LogP contribution in [-0.4, -0.2) is 26.3 Å². The van der Waals surface area contributed by atoms with Crippen LogP contribution >= 0.6 is 11.8 Å². The number of aryl methyl sites for hydroxylation is 2. The van der Waals surface area contributed by atoms with Gasteiger partial charge in [0.25, 0.3) is 5.56 Å². The van der Waals surface area contributed by atoms with Gasteiger partial charge in [0.2, 0.25) is 5.91 Å². The van der Waals surface area contributed by atoms with E-state index in [9.17, 15) is 14.7 Å². The van der Waals surface area contributed by atoms with E-state index in [0.717, 1.165) is 16.7 Å². The van der Waals surface area contributed by atoms with Crippen LogP contribution in [0.5, 0.6) is 5.75 Å². The summed E-state index contributed by atoms with van der Waals surface area (Å²) in [6.45, 7) is 4.24. The first-order valence-electron chi connectivity index (χ1n) is 10.1. The summed E-state index contributed by atoms with van der Waals surface area (Å²) >= 11 is 1.21. The first kappa shape index (κ1) is 21.7. The quantitative estimate of drug-likeness (QED) is 0.329. The Balaban J connectivity index is 1.50. The predicted octanol–water partition coefficient (Wildman–Crippen LogP) is 3.77. The van der Waals surface area contributed by atoms with Gasteiger partial charge in [-0.2, -0.15) is 0 Å². The van der Waals surface area contributed by atoms with Gasteiger partial charge in [0.05, 0.1) is 29.5 Å². The molecule has 1 amide bonds. The maximum absolute atomic E-state index is 13.1. The maximum Gasteiger partial charge on any atom is 0.262 e. The number of phenolic OH excluding ortho intramolecular Hbond substituents is 1. The molecule has 8 heteroatoms. The molecular weight excluding hydrogens is 426 g/mol. The van der Waals surface area contributed by atoms with Crippen LogP contribution in [-0.2, 0) is 17.9 Å². The Bertz CT molecular complexity index is 1310. The smallest absolute Gasteiger partial charge is 0.262 e. The molecule has 2 N–H and O–H groups in total. The monoisotopic (exact) mass is 449 g/mol. The minimum atomic E-state index is -0.176. The van der Waals surface area contributed by atoms with Crippen molar-refractivity contribution in [2.45, 2.75) is 32.1 Å². The highest BCUT2D eigenvalue weighted by Crippen LogP contribution is 2.23. The van der Waals surface area contributed by atoms with Crippen molar-refractivity contribution < 1.29 is 14.3 Å². The molecule has 0 aliphatic heterocycles. The van der Waals surface area contributed by atoms with Crippen molar-refractivity contribution in [1.29, 1.82) is 0 Å². The van der Waals surface area contributed by atoms with Crippen molar-refractivity contribution in [3.63, 3.8) is 0 Å². The third kappa shape index (κ3) is 4.70. The van der Waals surface area contributed by atoms with Crippen molar-refractivity contribution in [2.75, 3.05) is 5.75 Å². The Morgan fingerprint density at radius 2 is 1.91 bits per heavy atom. The Kier molecular flexibility index (Phi) is 6.32. The number of hydrogen-bond acceptors (Lipinski definition) is 6. The molecule has 2 heterocycles. The topological polar surface area (TPSA) is 97.4 Å². The number of nitrogens with zero attached hydrogens (tertiary/aromatic N) is 2. The highest BCUT2D eigenvalue weighted by Gasteiger charge is 2.15. The number of para-hydroxylation sites is 1. The molecule has 0 saturated carbocycles. The minimum absolute atomic E-state index is 0.110. The fourth-order valence-electron chi connectivity index (χ4n) is 3.49. The number of benzene rings is 2. The molecule has 4 rings (SSSR count). The van der Waals surface area contributed by atoms with Gasteiger partial charge in [0.15, 0.2) is 5.16 Å². The van der Waals surface area contributed by atoms with Crippen LogP contribution in [0.1, 0.15) is 22.5 Å². The molecule has 32 heavy (non-hydrogen) atoms. The molecule has 0 unspecified atom stereocenters. The lowest BCUT2D eigenvalue weighted by Crippen LogP contribution is -2.27. The molecule has 0 saturated heterocycles. The number of carbonyl (C=O) groups excluding carboxylic acids is 1. The number of carbonyl (C=O) groups is 1. The summed E-state index contributed by atoms with van der Waals surface area (Å²) in [4.78, 5) is 30.2. The zero-order valence-corrected chi connectivity index (χ0v) is 18.6. The van der Waals surface area contributed by atoms with E-state index in [2.05, 4.69) is 10.3 Å². The lowest BCUT2D eigenvalue weighted by molar-refractivity contribution is -0.118. The van der Waals surface area contributed by atoms with Crippen molar-refractivity contribution in [3.05, 3.63) is 87.6 Å². The fraction of sp³-hybridized carbons (Fsp3) is 0.208. The Morgan fingerprint density at radius 3 is 2.62 bits per heavy atom. The molecule has 4 aromatic rings. The molecule has 7 nitrogen and oxygen atoms in total. The van der Waals surface area contributed by atoms with Crippen LogP contribution in [0, 0.1) is 13.8 Å². The van der Waals surface area contributed by atoms with Crippen LogP contribution < -0.4 is 10.9 Å². The van der Waals surface area contributed by atoms with Gasteiger partial charge in [0, 0.05) is 6.54 Å². The SMILES string of the molecule is Cc1cc(CNC(=O)CSc2nc3ccccc3c(=O)n2Cc2ccco2)cc(C)c1O. The number of rotatable bonds is 7. The molecule has 0 aliphatic rings. The molecular formula is C24H23N3O4S. The Hall–Kier alpha value is -3.52. The number of furan rings is 1. The van der Waals surface area contributed by atoms with Gasteiger partial charge in [-0.15, -0.1) is 0 Å². The van der Waals surface area contributed by atoms with E-state index < -0.39 is 0 Å². The molecule has 0 fully saturated rings. The third-order valence-electron chi connectivity index (χ3n) is 5.09. The van der Waals surface area contributed by atoms with Gasteiger partial charge in [0.1, 0.15) is 11.5 Å². The van der Waals surface area contributed by atoms with Gasteiger partial charge in [-0.25, -0.2) is 4.98 Å². The largest absolute Gasteiger partial charge is 0.507 e. The van der Waals surface area contributed by atoms with E-state index in [1.807, 2.05) is 32.0 Å². The van der Waals surface area contributed by atoms with E-state index in [-0.39, 0.29) is 29.5 Å². The number of fused-ring (bicyclic) bond motifs is 1. The van der Waals surface area contributed by atoms with Crippen LogP contribution in [0.3, 0.4) is 0 Å². The number of aromatic nitrogens is 2. The van der Waals surface area contributed by atoms with Crippen LogP contribution in [0.25, 0.3) is 10.9 Å². The first-order chi connectivity index (χ1) is 15.4.